The number of halogens is 1. The Bertz CT molecular complexity index is 387. The number of hydrogen-bond donors (Lipinski definition) is 0. The van der Waals surface area contributed by atoms with E-state index in [2.05, 4.69) is 26.9 Å². The van der Waals surface area contributed by atoms with Crippen molar-refractivity contribution in [1.82, 2.24) is 0 Å². The van der Waals surface area contributed by atoms with Gasteiger partial charge in [0.25, 0.3) is 0 Å². The number of anilines is 1. The molecule has 1 aromatic carbocycles. The van der Waals surface area contributed by atoms with E-state index in [9.17, 15) is 0 Å². The zero-order valence-electron chi connectivity index (χ0n) is 9.53. The standard InChI is InChI=1S/C12H15BrN2O/c1-15(4-3-5-16-2)12-7-10(9-14)6-11(13)8-12/h6-8H,3-5H2,1-2H3. The summed E-state index contributed by atoms with van der Waals surface area (Å²) >= 11 is 3.40. The van der Waals surface area contributed by atoms with Crippen LogP contribution in [0.25, 0.3) is 0 Å². The highest BCUT2D eigenvalue weighted by Crippen LogP contribution is 2.21. The highest BCUT2D eigenvalue weighted by molar-refractivity contribution is 9.10. The molecule has 0 heterocycles. The lowest BCUT2D eigenvalue weighted by Gasteiger charge is -2.19. The van der Waals surface area contributed by atoms with Crippen LogP contribution in [0.1, 0.15) is 12.0 Å². The van der Waals surface area contributed by atoms with Crippen LogP contribution in [0.5, 0.6) is 0 Å². The van der Waals surface area contributed by atoms with E-state index < -0.39 is 0 Å². The van der Waals surface area contributed by atoms with Gasteiger partial charge in [0, 0.05) is 37.5 Å². The molecule has 0 N–H and O–H groups in total. The fourth-order valence-corrected chi connectivity index (χ4v) is 1.92. The predicted octanol–water partition coefficient (Wildman–Crippen LogP) is 2.79. The summed E-state index contributed by atoms with van der Waals surface area (Å²) in [6, 6.07) is 7.86. The van der Waals surface area contributed by atoms with Crippen molar-refractivity contribution in [2.24, 2.45) is 0 Å². The Hall–Kier alpha value is -1.05. The molecule has 0 aromatic heterocycles. The molecule has 0 radical (unpaired) electrons. The fraction of sp³-hybridized carbons (Fsp3) is 0.417. The molecule has 0 fully saturated rings. The van der Waals surface area contributed by atoms with Crippen molar-refractivity contribution < 1.29 is 4.74 Å². The predicted molar refractivity (Wildman–Crippen MR) is 68.6 cm³/mol. The van der Waals surface area contributed by atoms with Gasteiger partial charge in [0.1, 0.15) is 0 Å². The summed E-state index contributed by atoms with van der Waals surface area (Å²) in [6.45, 7) is 1.67. The van der Waals surface area contributed by atoms with E-state index in [0.717, 1.165) is 29.7 Å². The van der Waals surface area contributed by atoms with E-state index in [4.69, 9.17) is 10.00 Å². The van der Waals surface area contributed by atoms with Crippen molar-refractivity contribution in [2.75, 3.05) is 32.2 Å². The van der Waals surface area contributed by atoms with Crippen LogP contribution in [0, 0.1) is 11.3 Å². The normalized spacial score (nSPS) is 9.88. The number of ether oxygens (including phenoxy) is 1. The molecule has 0 atom stereocenters. The molecule has 0 spiro atoms. The second kappa shape index (κ2) is 6.51. The molecule has 0 aliphatic heterocycles. The lowest BCUT2D eigenvalue weighted by atomic mass is 10.2. The van der Waals surface area contributed by atoms with Crippen LogP contribution in [0.3, 0.4) is 0 Å². The Kier molecular flexibility index (Phi) is 5.30. The third kappa shape index (κ3) is 3.84. The summed E-state index contributed by atoms with van der Waals surface area (Å²) in [5.41, 5.74) is 1.71. The van der Waals surface area contributed by atoms with Gasteiger partial charge in [-0.05, 0) is 24.6 Å². The van der Waals surface area contributed by atoms with Crippen LogP contribution in [-0.2, 0) is 4.74 Å². The minimum absolute atomic E-state index is 0.669. The van der Waals surface area contributed by atoms with E-state index in [1.54, 1.807) is 7.11 Å². The van der Waals surface area contributed by atoms with Crippen LogP contribution < -0.4 is 4.90 Å². The van der Waals surface area contributed by atoms with Crippen LogP contribution in [-0.4, -0.2) is 27.3 Å². The first-order valence-corrected chi connectivity index (χ1v) is 5.87. The minimum atomic E-state index is 0.669. The maximum absolute atomic E-state index is 8.87. The van der Waals surface area contributed by atoms with Crippen molar-refractivity contribution in [3.05, 3.63) is 28.2 Å². The van der Waals surface area contributed by atoms with Crippen molar-refractivity contribution in [3.8, 4) is 6.07 Å². The van der Waals surface area contributed by atoms with Gasteiger partial charge in [0.2, 0.25) is 0 Å². The Labute approximate surface area is 105 Å². The van der Waals surface area contributed by atoms with Gasteiger partial charge >= 0.3 is 0 Å². The van der Waals surface area contributed by atoms with Crippen molar-refractivity contribution >= 4 is 21.6 Å². The summed E-state index contributed by atoms with van der Waals surface area (Å²) in [5, 5.41) is 8.87. The zero-order valence-corrected chi connectivity index (χ0v) is 11.1. The quantitative estimate of drug-likeness (QED) is 0.780. The number of rotatable bonds is 5. The molecule has 1 aromatic rings. The second-order valence-electron chi connectivity index (χ2n) is 3.58. The fourth-order valence-electron chi connectivity index (χ4n) is 1.43. The topological polar surface area (TPSA) is 36.3 Å². The molecule has 0 saturated heterocycles. The maximum atomic E-state index is 8.87. The molecule has 0 amide bonds. The van der Waals surface area contributed by atoms with Crippen LogP contribution >= 0.6 is 15.9 Å². The van der Waals surface area contributed by atoms with Gasteiger partial charge in [0.05, 0.1) is 11.6 Å². The third-order valence-electron chi connectivity index (χ3n) is 2.29. The number of nitriles is 1. The Balaban J connectivity index is 2.71. The first-order valence-electron chi connectivity index (χ1n) is 5.08. The van der Waals surface area contributed by atoms with E-state index in [-0.39, 0.29) is 0 Å². The lowest BCUT2D eigenvalue weighted by molar-refractivity contribution is 0.196. The molecule has 86 valence electrons. The number of nitrogens with zero attached hydrogens (tertiary/aromatic N) is 2. The number of methoxy groups -OCH3 is 1. The van der Waals surface area contributed by atoms with E-state index in [1.165, 1.54) is 0 Å². The molecule has 0 aliphatic rings. The van der Waals surface area contributed by atoms with Gasteiger partial charge in [-0.15, -0.1) is 0 Å². The first kappa shape index (κ1) is 13.0. The lowest BCUT2D eigenvalue weighted by Crippen LogP contribution is -2.19. The first-order chi connectivity index (χ1) is 7.67. The van der Waals surface area contributed by atoms with Crippen LogP contribution in [0.15, 0.2) is 22.7 Å². The van der Waals surface area contributed by atoms with E-state index in [1.807, 2.05) is 25.2 Å². The highest BCUT2D eigenvalue weighted by atomic mass is 79.9. The Morgan fingerprint density at radius 2 is 2.19 bits per heavy atom. The molecule has 0 unspecified atom stereocenters. The largest absolute Gasteiger partial charge is 0.385 e. The highest BCUT2D eigenvalue weighted by Gasteiger charge is 2.03. The van der Waals surface area contributed by atoms with E-state index >= 15 is 0 Å². The molecule has 4 heteroatoms. The van der Waals surface area contributed by atoms with Crippen LogP contribution in [0.2, 0.25) is 0 Å². The van der Waals surface area contributed by atoms with Crippen molar-refractivity contribution in [2.45, 2.75) is 6.42 Å². The summed E-state index contributed by atoms with van der Waals surface area (Å²) < 4.78 is 5.94. The number of hydrogen-bond acceptors (Lipinski definition) is 3. The molecule has 16 heavy (non-hydrogen) atoms. The minimum Gasteiger partial charge on any atom is -0.385 e. The zero-order chi connectivity index (χ0) is 12.0. The van der Waals surface area contributed by atoms with Crippen molar-refractivity contribution in [1.29, 1.82) is 5.26 Å². The molecule has 3 nitrogen and oxygen atoms in total. The van der Waals surface area contributed by atoms with E-state index in [0.29, 0.717) is 5.56 Å². The summed E-state index contributed by atoms with van der Waals surface area (Å²) in [7, 11) is 3.71. The van der Waals surface area contributed by atoms with Gasteiger partial charge in [-0.25, -0.2) is 0 Å². The molecular formula is C12H15BrN2O. The Morgan fingerprint density at radius 3 is 2.81 bits per heavy atom. The number of benzene rings is 1. The SMILES string of the molecule is COCCCN(C)c1cc(Br)cc(C#N)c1. The van der Waals surface area contributed by atoms with Crippen molar-refractivity contribution in [3.63, 3.8) is 0 Å². The molecular weight excluding hydrogens is 268 g/mol. The maximum Gasteiger partial charge on any atom is 0.0992 e. The average molecular weight is 283 g/mol. The average Bonchev–Trinajstić information content (AvgIpc) is 2.28. The van der Waals surface area contributed by atoms with Gasteiger partial charge in [-0.1, -0.05) is 15.9 Å². The molecule has 0 aliphatic carbocycles. The summed E-state index contributed by atoms with van der Waals surface area (Å²) in [4.78, 5) is 2.12. The van der Waals surface area contributed by atoms with Gasteiger partial charge in [-0.2, -0.15) is 5.26 Å². The molecule has 0 bridgehead atoms. The summed E-state index contributed by atoms with van der Waals surface area (Å²) in [6.07, 6.45) is 0.974. The second-order valence-corrected chi connectivity index (χ2v) is 4.49. The van der Waals surface area contributed by atoms with Gasteiger partial charge < -0.3 is 9.64 Å². The summed E-state index contributed by atoms with van der Waals surface area (Å²) in [5.74, 6) is 0. The Morgan fingerprint density at radius 1 is 1.44 bits per heavy atom. The third-order valence-corrected chi connectivity index (χ3v) is 2.75. The van der Waals surface area contributed by atoms with Crippen LogP contribution in [0.4, 0.5) is 5.69 Å². The molecule has 1 rings (SSSR count). The monoisotopic (exact) mass is 282 g/mol. The smallest absolute Gasteiger partial charge is 0.0992 e. The van der Waals surface area contributed by atoms with Gasteiger partial charge in [-0.3, -0.25) is 0 Å². The van der Waals surface area contributed by atoms with Gasteiger partial charge in [0.15, 0.2) is 0 Å². The molecule has 0 saturated carbocycles.